The van der Waals surface area contributed by atoms with Gasteiger partial charge in [-0.25, -0.2) is 37.0 Å². The molecular weight excluding hydrogens is 522 g/mol. The normalized spacial score (nSPS) is 13.8. The Bertz CT molecular complexity index is 1410. The number of rotatable bonds is 5. The summed E-state index contributed by atoms with van der Waals surface area (Å²) in [6.07, 6.45) is -0.930. The number of primary amides is 1. The Morgan fingerprint density at radius 1 is 1.05 bits per heavy atom. The summed E-state index contributed by atoms with van der Waals surface area (Å²) in [7, 11) is 0. The molecule has 1 fully saturated rings. The van der Waals surface area contributed by atoms with Crippen LogP contribution in [0.4, 0.5) is 38.7 Å². The minimum absolute atomic E-state index is 0.134. The van der Waals surface area contributed by atoms with Gasteiger partial charge in [0, 0.05) is 30.3 Å². The number of pyridine rings is 1. The average Bonchev–Trinajstić information content (AvgIpc) is 2.90. The highest BCUT2D eigenvalue weighted by Gasteiger charge is 2.26. The van der Waals surface area contributed by atoms with E-state index in [0.717, 1.165) is 30.3 Å². The first kappa shape index (κ1) is 27.5. The van der Waals surface area contributed by atoms with Gasteiger partial charge in [-0.1, -0.05) is 6.07 Å². The molecule has 0 unspecified atom stereocenters. The van der Waals surface area contributed by atoms with Gasteiger partial charge >= 0.3 is 12.1 Å². The van der Waals surface area contributed by atoms with Gasteiger partial charge in [0.15, 0.2) is 0 Å². The molecule has 0 saturated carbocycles. The van der Waals surface area contributed by atoms with Crippen LogP contribution in [0.15, 0.2) is 53.5 Å². The topological polar surface area (TPSA) is 110 Å². The van der Waals surface area contributed by atoms with E-state index in [2.05, 4.69) is 9.98 Å². The predicted molar refractivity (Wildman–Crippen MR) is 133 cm³/mol. The van der Waals surface area contributed by atoms with E-state index in [9.17, 15) is 27.2 Å². The number of ether oxygens (including phenoxy) is 2. The van der Waals surface area contributed by atoms with E-state index in [1.807, 2.05) is 4.90 Å². The van der Waals surface area contributed by atoms with E-state index in [1.54, 1.807) is 6.92 Å². The molecule has 1 aliphatic rings. The maximum Gasteiger partial charge on any atom is 0.435 e. The van der Waals surface area contributed by atoms with Crippen LogP contribution in [0.1, 0.15) is 12.5 Å². The summed E-state index contributed by atoms with van der Waals surface area (Å²) in [6, 6.07) is 6.82. The van der Waals surface area contributed by atoms with Crippen molar-refractivity contribution >= 4 is 29.5 Å². The molecule has 2 N–H and O–H groups in total. The molecule has 3 amide bonds. The fourth-order valence-electron chi connectivity index (χ4n) is 3.94. The molecule has 0 bridgehead atoms. The minimum atomic E-state index is -1.27. The lowest BCUT2D eigenvalue weighted by Gasteiger charge is -2.27. The molecule has 1 aliphatic heterocycles. The van der Waals surface area contributed by atoms with Crippen molar-refractivity contribution in [1.82, 2.24) is 9.88 Å². The number of para-hydroxylation sites is 1. The number of carbonyl (C=O) groups is 2. The Hall–Kier alpha value is -4.52. The van der Waals surface area contributed by atoms with Crippen LogP contribution in [0.2, 0.25) is 0 Å². The van der Waals surface area contributed by atoms with Gasteiger partial charge in [0.05, 0.1) is 18.9 Å². The van der Waals surface area contributed by atoms with Crippen LogP contribution in [-0.2, 0) is 16.1 Å². The van der Waals surface area contributed by atoms with Crippen molar-refractivity contribution in [3.05, 3.63) is 77.4 Å². The Morgan fingerprint density at radius 3 is 2.38 bits per heavy atom. The van der Waals surface area contributed by atoms with Gasteiger partial charge in [-0.05, 0) is 43.3 Å². The summed E-state index contributed by atoms with van der Waals surface area (Å²) in [4.78, 5) is 35.1. The Balaban J connectivity index is 1.70. The SMILES string of the molecule is CC(=NC(=O)OCc1ccc(N(C(N)=O)c2c(F)cccc2F)nc1-c1ccc(F)cc1F)N1CCOCC1. The van der Waals surface area contributed by atoms with Crippen LogP contribution in [0.5, 0.6) is 0 Å². The number of aromatic nitrogens is 1. The number of amides is 3. The monoisotopic (exact) mass is 545 g/mol. The molecule has 2 heterocycles. The molecule has 13 heteroatoms. The summed E-state index contributed by atoms with van der Waals surface area (Å²) in [5.41, 5.74) is 4.34. The summed E-state index contributed by atoms with van der Waals surface area (Å²) in [6.45, 7) is 3.30. The standard InChI is InChI=1S/C26H23F4N5O4/c1-15(34-9-11-38-12-10-34)32-26(37)39-14-16-5-8-22(33-23(16)18-7-6-17(27)13-21(18)30)35(25(31)36)24-19(28)3-2-4-20(24)29/h2-8,13H,9-12,14H2,1H3,(H2,31,36). The number of anilines is 2. The van der Waals surface area contributed by atoms with E-state index in [4.69, 9.17) is 15.2 Å². The molecule has 0 radical (unpaired) electrons. The first-order valence-electron chi connectivity index (χ1n) is 11.7. The maximum absolute atomic E-state index is 14.8. The summed E-state index contributed by atoms with van der Waals surface area (Å²) in [5, 5.41) is 0. The third-order valence-electron chi connectivity index (χ3n) is 5.83. The molecule has 1 saturated heterocycles. The third kappa shape index (κ3) is 6.32. The van der Waals surface area contributed by atoms with E-state index in [1.165, 1.54) is 12.1 Å². The quantitative estimate of drug-likeness (QED) is 0.277. The number of carbonyl (C=O) groups excluding carboxylic acids is 2. The number of amidine groups is 1. The van der Waals surface area contributed by atoms with Crippen molar-refractivity contribution in [1.29, 1.82) is 0 Å². The van der Waals surface area contributed by atoms with Gasteiger partial charge in [0.2, 0.25) is 0 Å². The van der Waals surface area contributed by atoms with Crippen molar-refractivity contribution in [2.45, 2.75) is 13.5 Å². The van der Waals surface area contributed by atoms with Crippen LogP contribution in [0, 0.1) is 23.3 Å². The van der Waals surface area contributed by atoms with Crippen LogP contribution in [-0.4, -0.2) is 54.1 Å². The first-order valence-corrected chi connectivity index (χ1v) is 11.7. The number of hydrogen-bond donors (Lipinski definition) is 1. The highest BCUT2D eigenvalue weighted by atomic mass is 19.1. The number of halogens is 4. The molecule has 2 aromatic carbocycles. The minimum Gasteiger partial charge on any atom is -0.443 e. The van der Waals surface area contributed by atoms with Crippen molar-refractivity contribution in [2.75, 3.05) is 31.2 Å². The Morgan fingerprint density at radius 2 is 1.74 bits per heavy atom. The summed E-state index contributed by atoms with van der Waals surface area (Å²) in [5.74, 6) is -4.02. The third-order valence-corrected chi connectivity index (χ3v) is 5.83. The lowest BCUT2D eigenvalue weighted by Crippen LogP contribution is -2.39. The average molecular weight is 545 g/mol. The van der Waals surface area contributed by atoms with Gasteiger partial charge in [0.25, 0.3) is 0 Å². The number of hydrogen-bond acceptors (Lipinski definition) is 5. The second kappa shape index (κ2) is 11.9. The fraction of sp³-hybridized carbons (Fsp3) is 0.231. The molecule has 0 spiro atoms. The summed E-state index contributed by atoms with van der Waals surface area (Å²) >= 11 is 0. The lowest BCUT2D eigenvalue weighted by atomic mass is 10.1. The highest BCUT2D eigenvalue weighted by molar-refractivity contribution is 5.98. The maximum atomic E-state index is 14.8. The summed E-state index contributed by atoms with van der Waals surface area (Å²) < 4.78 is 67.9. The van der Waals surface area contributed by atoms with E-state index < -0.39 is 47.7 Å². The molecule has 204 valence electrons. The number of nitrogens with two attached hydrogens (primary N) is 1. The molecule has 9 nitrogen and oxygen atoms in total. The highest BCUT2D eigenvalue weighted by Crippen LogP contribution is 2.33. The van der Waals surface area contributed by atoms with E-state index in [-0.39, 0.29) is 22.6 Å². The van der Waals surface area contributed by atoms with Gasteiger partial charge in [-0.15, -0.1) is 0 Å². The second-order valence-corrected chi connectivity index (χ2v) is 8.36. The van der Waals surface area contributed by atoms with Crippen molar-refractivity contribution in [3.63, 3.8) is 0 Å². The van der Waals surface area contributed by atoms with Crippen LogP contribution >= 0.6 is 0 Å². The van der Waals surface area contributed by atoms with Crippen molar-refractivity contribution < 1.29 is 36.6 Å². The van der Waals surface area contributed by atoms with Gasteiger partial charge in [-0.2, -0.15) is 4.99 Å². The molecule has 39 heavy (non-hydrogen) atoms. The second-order valence-electron chi connectivity index (χ2n) is 8.36. The Labute approximate surface area is 220 Å². The smallest absolute Gasteiger partial charge is 0.435 e. The number of benzene rings is 2. The van der Waals surface area contributed by atoms with E-state index >= 15 is 0 Å². The van der Waals surface area contributed by atoms with Crippen LogP contribution in [0.3, 0.4) is 0 Å². The van der Waals surface area contributed by atoms with Crippen LogP contribution < -0.4 is 10.6 Å². The largest absolute Gasteiger partial charge is 0.443 e. The van der Waals surface area contributed by atoms with E-state index in [0.29, 0.717) is 43.1 Å². The fourth-order valence-corrected chi connectivity index (χ4v) is 3.94. The number of aliphatic imine (C=N–C) groups is 1. The zero-order valence-corrected chi connectivity index (χ0v) is 20.7. The molecule has 0 atom stereocenters. The van der Waals surface area contributed by atoms with Gasteiger partial charge < -0.3 is 20.1 Å². The van der Waals surface area contributed by atoms with Gasteiger partial charge in [-0.3, -0.25) is 0 Å². The number of morpholine rings is 1. The molecular formula is C26H23F4N5O4. The van der Waals surface area contributed by atoms with Gasteiger partial charge in [0.1, 0.15) is 47.2 Å². The Kier molecular flexibility index (Phi) is 8.39. The van der Waals surface area contributed by atoms with Crippen LogP contribution in [0.25, 0.3) is 11.3 Å². The van der Waals surface area contributed by atoms with Crippen molar-refractivity contribution in [2.24, 2.45) is 10.7 Å². The number of urea groups is 1. The van der Waals surface area contributed by atoms with Crippen molar-refractivity contribution in [3.8, 4) is 11.3 Å². The molecule has 1 aromatic heterocycles. The molecule has 3 aromatic rings. The zero-order chi connectivity index (χ0) is 28.1. The lowest BCUT2D eigenvalue weighted by molar-refractivity contribution is 0.0675. The molecule has 0 aliphatic carbocycles. The zero-order valence-electron chi connectivity index (χ0n) is 20.7. The molecule has 4 rings (SSSR count). The number of nitrogens with zero attached hydrogens (tertiary/aromatic N) is 4. The first-order chi connectivity index (χ1) is 18.7. The predicted octanol–water partition coefficient (Wildman–Crippen LogP) is 4.91.